The highest BCUT2D eigenvalue weighted by molar-refractivity contribution is 5.95. The zero-order chi connectivity index (χ0) is 13.8. The average molecular weight is 262 g/mol. The van der Waals surface area contributed by atoms with Gasteiger partial charge in [-0.25, -0.2) is 4.98 Å². The van der Waals surface area contributed by atoms with Crippen molar-refractivity contribution in [1.82, 2.24) is 14.8 Å². The molecule has 1 aromatic rings. The SMILES string of the molecule is CCN1CCN(C(=O)c2cc(C)nc(NC)c2)CC1. The van der Waals surface area contributed by atoms with Gasteiger partial charge in [-0.15, -0.1) is 0 Å². The number of piperazine rings is 1. The fraction of sp³-hybridized carbons (Fsp3) is 0.571. The van der Waals surface area contributed by atoms with Gasteiger partial charge in [-0.3, -0.25) is 4.79 Å². The van der Waals surface area contributed by atoms with Gasteiger partial charge in [0.05, 0.1) is 0 Å². The Bertz CT molecular complexity index is 453. The average Bonchev–Trinajstić information content (AvgIpc) is 2.46. The summed E-state index contributed by atoms with van der Waals surface area (Å²) < 4.78 is 0. The molecule has 1 amide bonds. The van der Waals surface area contributed by atoms with Crippen LogP contribution in [-0.4, -0.2) is 60.5 Å². The molecule has 0 saturated carbocycles. The van der Waals surface area contributed by atoms with Gasteiger partial charge in [0.2, 0.25) is 0 Å². The molecule has 1 aromatic heterocycles. The molecule has 1 aliphatic rings. The Morgan fingerprint density at radius 3 is 2.58 bits per heavy atom. The van der Waals surface area contributed by atoms with Gasteiger partial charge in [-0.05, 0) is 25.6 Å². The summed E-state index contributed by atoms with van der Waals surface area (Å²) in [6, 6.07) is 3.68. The van der Waals surface area contributed by atoms with Crippen LogP contribution in [0.3, 0.4) is 0 Å². The second-order valence-electron chi connectivity index (χ2n) is 4.86. The lowest BCUT2D eigenvalue weighted by molar-refractivity contribution is 0.0643. The van der Waals surface area contributed by atoms with Crippen molar-refractivity contribution in [3.05, 3.63) is 23.4 Å². The number of aromatic nitrogens is 1. The van der Waals surface area contributed by atoms with Gasteiger partial charge in [0.1, 0.15) is 5.82 Å². The summed E-state index contributed by atoms with van der Waals surface area (Å²) in [7, 11) is 1.82. The first-order valence-corrected chi connectivity index (χ1v) is 6.82. The number of nitrogens with one attached hydrogen (secondary N) is 1. The van der Waals surface area contributed by atoms with Crippen molar-refractivity contribution in [2.75, 3.05) is 45.1 Å². The third kappa shape index (κ3) is 3.23. The second kappa shape index (κ2) is 6.02. The minimum Gasteiger partial charge on any atom is -0.373 e. The van der Waals surface area contributed by atoms with Crippen LogP contribution in [0.5, 0.6) is 0 Å². The molecule has 2 rings (SSSR count). The third-order valence-electron chi connectivity index (χ3n) is 3.56. The van der Waals surface area contributed by atoms with Gasteiger partial charge in [0.25, 0.3) is 5.91 Å². The fourth-order valence-corrected chi connectivity index (χ4v) is 2.37. The van der Waals surface area contributed by atoms with Crippen molar-refractivity contribution < 1.29 is 4.79 Å². The Hall–Kier alpha value is -1.62. The largest absolute Gasteiger partial charge is 0.373 e. The van der Waals surface area contributed by atoms with Gasteiger partial charge in [0.15, 0.2) is 0 Å². The molecular weight excluding hydrogens is 240 g/mol. The van der Waals surface area contributed by atoms with Crippen molar-refractivity contribution in [3.63, 3.8) is 0 Å². The quantitative estimate of drug-likeness (QED) is 0.889. The molecule has 104 valence electrons. The molecule has 5 heteroatoms. The van der Waals surface area contributed by atoms with Crippen LogP contribution in [0.2, 0.25) is 0 Å². The standard InChI is InChI=1S/C14H22N4O/c1-4-17-5-7-18(8-6-17)14(19)12-9-11(2)16-13(10-12)15-3/h9-10H,4-8H2,1-3H3,(H,15,16). The molecule has 0 atom stereocenters. The van der Waals surface area contributed by atoms with Gasteiger partial charge in [-0.1, -0.05) is 6.92 Å². The first-order valence-electron chi connectivity index (χ1n) is 6.82. The van der Waals surface area contributed by atoms with E-state index in [0.717, 1.165) is 49.8 Å². The van der Waals surface area contributed by atoms with Crippen molar-refractivity contribution in [1.29, 1.82) is 0 Å². The summed E-state index contributed by atoms with van der Waals surface area (Å²) in [4.78, 5) is 21.1. The van der Waals surface area contributed by atoms with Crippen LogP contribution in [0, 0.1) is 6.92 Å². The van der Waals surface area contributed by atoms with Crippen molar-refractivity contribution in [3.8, 4) is 0 Å². The molecule has 0 bridgehead atoms. The van der Waals surface area contributed by atoms with Crippen LogP contribution >= 0.6 is 0 Å². The first kappa shape index (κ1) is 13.8. The van der Waals surface area contributed by atoms with E-state index in [4.69, 9.17) is 0 Å². The van der Waals surface area contributed by atoms with Crippen LogP contribution in [0.4, 0.5) is 5.82 Å². The minimum atomic E-state index is 0.109. The molecule has 0 unspecified atom stereocenters. The smallest absolute Gasteiger partial charge is 0.254 e. The summed E-state index contributed by atoms with van der Waals surface area (Å²) in [5.74, 6) is 0.855. The molecule has 2 heterocycles. The van der Waals surface area contributed by atoms with E-state index in [1.807, 2.05) is 31.0 Å². The number of carbonyl (C=O) groups excluding carboxylic acids is 1. The highest BCUT2D eigenvalue weighted by atomic mass is 16.2. The maximum atomic E-state index is 12.5. The Labute approximate surface area is 114 Å². The maximum Gasteiger partial charge on any atom is 0.254 e. The number of likely N-dealkylation sites (N-methyl/N-ethyl adjacent to an activating group) is 1. The Balaban J connectivity index is 2.09. The number of nitrogens with zero attached hydrogens (tertiary/aromatic N) is 3. The molecule has 0 spiro atoms. The highest BCUT2D eigenvalue weighted by Crippen LogP contribution is 2.13. The monoisotopic (exact) mass is 262 g/mol. The Morgan fingerprint density at radius 2 is 2.00 bits per heavy atom. The van der Waals surface area contributed by atoms with Crippen LogP contribution in [0.25, 0.3) is 0 Å². The predicted molar refractivity (Wildman–Crippen MR) is 76.5 cm³/mol. The summed E-state index contributed by atoms with van der Waals surface area (Å²) >= 11 is 0. The topological polar surface area (TPSA) is 48.5 Å². The normalized spacial score (nSPS) is 16.5. The van der Waals surface area contributed by atoms with Crippen LogP contribution in [0.15, 0.2) is 12.1 Å². The van der Waals surface area contributed by atoms with E-state index in [0.29, 0.717) is 0 Å². The predicted octanol–water partition coefficient (Wildman–Crippen LogP) is 1.21. The summed E-state index contributed by atoms with van der Waals surface area (Å²) in [6.45, 7) is 8.66. The number of aryl methyl sites for hydroxylation is 1. The lowest BCUT2D eigenvalue weighted by atomic mass is 10.2. The fourth-order valence-electron chi connectivity index (χ4n) is 2.37. The Morgan fingerprint density at radius 1 is 1.32 bits per heavy atom. The minimum absolute atomic E-state index is 0.109. The lowest BCUT2D eigenvalue weighted by Crippen LogP contribution is -2.48. The third-order valence-corrected chi connectivity index (χ3v) is 3.56. The molecule has 0 radical (unpaired) electrons. The Kier molecular flexibility index (Phi) is 4.37. The van der Waals surface area contributed by atoms with Crippen LogP contribution in [-0.2, 0) is 0 Å². The summed E-state index contributed by atoms with van der Waals surface area (Å²) in [5, 5.41) is 2.99. The van der Waals surface area contributed by atoms with Crippen molar-refractivity contribution >= 4 is 11.7 Å². The molecule has 1 N–H and O–H groups in total. The van der Waals surface area contributed by atoms with Crippen LogP contribution < -0.4 is 5.32 Å². The van der Waals surface area contributed by atoms with E-state index in [1.165, 1.54) is 0 Å². The molecule has 1 saturated heterocycles. The van der Waals surface area contributed by atoms with E-state index in [9.17, 15) is 4.79 Å². The molecule has 5 nitrogen and oxygen atoms in total. The van der Waals surface area contributed by atoms with Crippen molar-refractivity contribution in [2.45, 2.75) is 13.8 Å². The van der Waals surface area contributed by atoms with Gasteiger partial charge in [-0.2, -0.15) is 0 Å². The van der Waals surface area contributed by atoms with E-state index in [1.54, 1.807) is 0 Å². The molecule has 0 aliphatic carbocycles. The van der Waals surface area contributed by atoms with Gasteiger partial charge >= 0.3 is 0 Å². The molecular formula is C14H22N4O. The van der Waals surface area contributed by atoms with Gasteiger partial charge in [0, 0.05) is 44.5 Å². The number of rotatable bonds is 3. The first-order chi connectivity index (χ1) is 9.13. The number of hydrogen-bond donors (Lipinski definition) is 1. The van der Waals surface area contributed by atoms with E-state index in [-0.39, 0.29) is 5.91 Å². The van der Waals surface area contributed by atoms with Crippen LogP contribution in [0.1, 0.15) is 23.0 Å². The maximum absolute atomic E-state index is 12.5. The highest BCUT2D eigenvalue weighted by Gasteiger charge is 2.21. The zero-order valence-corrected chi connectivity index (χ0v) is 11.9. The molecule has 1 fully saturated rings. The van der Waals surface area contributed by atoms with Gasteiger partial charge < -0.3 is 15.1 Å². The van der Waals surface area contributed by atoms with E-state index >= 15 is 0 Å². The van der Waals surface area contributed by atoms with Crippen molar-refractivity contribution in [2.24, 2.45) is 0 Å². The van der Waals surface area contributed by atoms with E-state index in [2.05, 4.69) is 22.1 Å². The summed E-state index contributed by atoms with van der Waals surface area (Å²) in [6.07, 6.45) is 0. The molecule has 1 aliphatic heterocycles. The summed E-state index contributed by atoms with van der Waals surface area (Å²) in [5.41, 5.74) is 1.59. The zero-order valence-electron chi connectivity index (χ0n) is 11.9. The molecule has 0 aromatic carbocycles. The number of anilines is 1. The second-order valence-corrected chi connectivity index (χ2v) is 4.86. The molecule has 19 heavy (non-hydrogen) atoms. The van der Waals surface area contributed by atoms with E-state index < -0.39 is 0 Å². The number of pyridine rings is 1. The lowest BCUT2D eigenvalue weighted by Gasteiger charge is -2.34. The number of hydrogen-bond acceptors (Lipinski definition) is 4. The number of carbonyl (C=O) groups is 1. The number of amides is 1.